The smallest absolute Gasteiger partial charge is 0.263 e. The number of hydrogen-bond donors (Lipinski definition) is 1. The van der Waals surface area contributed by atoms with Gasteiger partial charge < -0.3 is 10.1 Å². The lowest BCUT2D eigenvalue weighted by Crippen LogP contribution is -2.21. The summed E-state index contributed by atoms with van der Waals surface area (Å²) < 4.78 is 7.26. The Bertz CT molecular complexity index is 1000. The van der Waals surface area contributed by atoms with Crippen LogP contribution in [-0.2, 0) is 10.2 Å². The lowest BCUT2D eigenvalue weighted by atomic mass is 9.92. The van der Waals surface area contributed by atoms with Crippen molar-refractivity contribution < 1.29 is 14.3 Å². The molecule has 0 saturated carbocycles. The van der Waals surface area contributed by atoms with Crippen LogP contribution < -0.4 is 10.1 Å². The summed E-state index contributed by atoms with van der Waals surface area (Å²) in [6.45, 7) is 7.58. The van der Waals surface area contributed by atoms with Crippen LogP contribution in [0.2, 0.25) is 0 Å². The Kier molecular flexibility index (Phi) is 5.82. The third-order valence-corrected chi connectivity index (χ3v) is 4.38. The molecule has 0 atom stereocenters. The Labute approximate surface area is 170 Å². The molecule has 1 heterocycles. The second-order valence-electron chi connectivity index (χ2n) is 7.83. The van der Waals surface area contributed by atoms with Gasteiger partial charge in [0, 0.05) is 17.0 Å². The van der Waals surface area contributed by atoms with E-state index >= 15 is 0 Å². The maximum absolute atomic E-state index is 12.5. The maximum atomic E-state index is 12.5. The zero-order chi connectivity index (χ0) is 21.0. The largest absolute Gasteiger partial charge is 0.484 e. The number of Topliss-reactive ketones (excluding diaryl/α,β-unsaturated/α-hetero) is 1. The summed E-state index contributed by atoms with van der Waals surface area (Å²) in [5.74, 6) is 0.801. The Hall–Kier alpha value is -3.41. The van der Waals surface area contributed by atoms with Crippen molar-refractivity contribution >= 4 is 17.5 Å². The van der Waals surface area contributed by atoms with Crippen molar-refractivity contribution in [1.82, 2.24) is 9.78 Å². The van der Waals surface area contributed by atoms with Gasteiger partial charge >= 0.3 is 0 Å². The number of benzene rings is 2. The Morgan fingerprint density at radius 1 is 1.03 bits per heavy atom. The van der Waals surface area contributed by atoms with E-state index in [1.54, 1.807) is 28.9 Å². The first kappa shape index (κ1) is 20.3. The Morgan fingerprint density at radius 2 is 1.69 bits per heavy atom. The van der Waals surface area contributed by atoms with Crippen molar-refractivity contribution in [1.29, 1.82) is 0 Å². The molecule has 1 aromatic heterocycles. The Balaban J connectivity index is 1.74. The molecule has 0 aliphatic rings. The predicted molar refractivity (Wildman–Crippen MR) is 113 cm³/mol. The number of para-hydroxylation sites is 1. The van der Waals surface area contributed by atoms with Crippen LogP contribution in [0.3, 0.4) is 0 Å². The fourth-order valence-electron chi connectivity index (χ4n) is 2.72. The van der Waals surface area contributed by atoms with E-state index in [0.29, 0.717) is 17.1 Å². The van der Waals surface area contributed by atoms with Crippen LogP contribution in [-0.4, -0.2) is 28.1 Å². The monoisotopic (exact) mass is 391 g/mol. The molecule has 0 bridgehead atoms. The summed E-state index contributed by atoms with van der Waals surface area (Å²) >= 11 is 0. The summed E-state index contributed by atoms with van der Waals surface area (Å²) in [5.41, 5.74) is 2.17. The highest BCUT2D eigenvalue weighted by Crippen LogP contribution is 2.26. The van der Waals surface area contributed by atoms with Crippen LogP contribution >= 0.6 is 0 Å². The minimum Gasteiger partial charge on any atom is -0.484 e. The van der Waals surface area contributed by atoms with Gasteiger partial charge in [-0.1, -0.05) is 39.0 Å². The highest BCUT2D eigenvalue weighted by molar-refractivity contribution is 5.94. The van der Waals surface area contributed by atoms with E-state index in [1.165, 1.54) is 6.92 Å². The number of ketones is 1. The first-order valence-corrected chi connectivity index (χ1v) is 9.43. The van der Waals surface area contributed by atoms with E-state index < -0.39 is 0 Å². The Morgan fingerprint density at radius 3 is 2.28 bits per heavy atom. The second kappa shape index (κ2) is 8.31. The van der Waals surface area contributed by atoms with E-state index in [9.17, 15) is 9.59 Å². The van der Waals surface area contributed by atoms with E-state index in [2.05, 4.69) is 31.2 Å². The SMILES string of the molecule is CC(=O)c1ccc(OCC(=O)Nc2cc(C(C)(C)C)nn2-c2ccccc2)cc1. The molecular formula is C23H25N3O3. The maximum Gasteiger partial charge on any atom is 0.263 e. The molecule has 2 aromatic carbocycles. The molecule has 0 aliphatic heterocycles. The number of carbonyl (C=O) groups excluding carboxylic acids is 2. The number of anilines is 1. The molecule has 1 amide bonds. The van der Waals surface area contributed by atoms with E-state index in [1.807, 2.05) is 36.4 Å². The quantitative estimate of drug-likeness (QED) is 0.633. The standard InChI is InChI=1S/C23H25N3O3/c1-16(27)17-10-12-19(13-11-17)29-15-22(28)24-21-14-20(23(2,3)4)25-26(21)18-8-6-5-7-9-18/h5-14H,15H2,1-4H3,(H,24,28). The van der Waals surface area contributed by atoms with Crippen LogP contribution in [0.5, 0.6) is 5.75 Å². The topological polar surface area (TPSA) is 73.2 Å². The summed E-state index contributed by atoms with van der Waals surface area (Å²) in [7, 11) is 0. The number of amides is 1. The molecule has 0 unspecified atom stereocenters. The number of aromatic nitrogens is 2. The van der Waals surface area contributed by atoms with Crippen LogP contribution in [0.4, 0.5) is 5.82 Å². The fraction of sp³-hybridized carbons (Fsp3) is 0.261. The average molecular weight is 391 g/mol. The normalized spacial score (nSPS) is 11.2. The van der Waals surface area contributed by atoms with Gasteiger partial charge in [0.15, 0.2) is 12.4 Å². The lowest BCUT2D eigenvalue weighted by molar-refractivity contribution is -0.118. The predicted octanol–water partition coefficient (Wildman–Crippen LogP) is 4.39. The van der Waals surface area contributed by atoms with Gasteiger partial charge in [-0.25, -0.2) is 4.68 Å². The van der Waals surface area contributed by atoms with Crippen LogP contribution in [0.1, 0.15) is 43.7 Å². The van der Waals surface area contributed by atoms with Gasteiger partial charge in [0.05, 0.1) is 11.4 Å². The molecule has 6 heteroatoms. The molecule has 6 nitrogen and oxygen atoms in total. The molecule has 0 spiro atoms. The highest BCUT2D eigenvalue weighted by atomic mass is 16.5. The second-order valence-corrected chi connectivity index (χ2v) is 7.83. The van der Waals surface area contributed by atoms with Crippen molar-refractivity contribution in [3.05, 3.63) is 71.9 Å². The van der Waals surface area contributed by atoms with E-state index in [-0.39, 0.29) is 23.7 Å². The van der Waals surface area contributed by atoms with Crippen molar-refractivity contribution in [2.45, 2.75) is 33.1 Å². The molecule has 1 N–H and O–H groups in total. The van der Waals surface area contributed by atoms with E-state index in [4.69, 9.17) is 4.74 Å². The van der Waals surface area contributed by atoms with Gasteiger partial charge in [-0.15, -0.1) is 0 Å². The summed E-state index contributed by atoms with van der Waals surface area (Å²) in [6.07, 6.45) is 0. The van der Waals surface area contributed by atoms with Crippen molar-refractivity contribution in [2.24, 2.45) is 0 Å². The van der Waals surface area contributed by atoms with Crippen LogP contribution in [0.15, 0.2) is 60.7 Å². The summed E-state index contributed by atoms with van der Waals surface area (Å²) in [5, 5.41) is 7.56. The lowest BCUT2D eigenvalue weighted by Gasteiger charge is -2.14. The van der Waals surface area contributed by atoms with Crippen molar-refractivity contribution in [3.63, 3.8) is 0 Å². The fourth-order valence-corrected chi connectivity index (χ4v) is 2.72. The summed E-state index contributed by atoms with van der Waals surface area (Å²) in [4.78, 5) is 23.8. The molecule has 0 saturated heterocycles. The van der Waals surface area contributed by atoms with Gasteiger partial charge in [0.1, 0.15) is 11.6 Å². The number of hydrogen-bond acceptors (Lipinski definition) is 4. The van der Waals surface area contributed by atoms with Gasteiger partial charge in [0.25, 0.3) is 5.91 Å². The number of rotatable bonds is 6. The zero-order valence-electron chi connectivity index (χ0n) is 17.1. The van der Waals surface area contributed by atoms with Crippen LogP contribution in [0.25, 0.3) is 5.69 Å². The minimum atomic E-state index is -0.293. The highest BCUT2D eigenvalue weighted by Gasteiger charge is 2.21. The van der Waals surface area contributed by atoms with Gasteiger partial charge in [0.2, 0.25) is 0 Å². The van der Waals surface area contributed by atoms with Gasteiger partial charge in [-0.2, -0.15) is 5.10 Å². The molecule has 29 heavy (non-hydrogen) atoms. The van der Waals surface area contributed by atoms with Crippen molar-refractivity contribution in [2.75, 3.05) is 11.9 Å². The molecule has 3 aromatic rings. The minimum absolute atomic E-state index is 0.0156. The number of nitrogens with zero attached hydrogens (tertiary/aromatic N) is 2. The number of ether oxygens (including phenoxy) is 1. The van der Waals surface area contributed by atoms with Crippen LogP contribution in [0, 0.1) is 0 Å². The molecule has 150 valence electrons. The summed E-state index contributed by atoms with van der Waals surface area (Å²) in [6, 6.07) is 18.2. The van der Waals surface area contributed by atoms with Gasteiger partial charge in [-0.3, -0.25) is 9.59 Å². The zero-order valence-corrected chi connectivity index (χ0v) is 17.1. The first-order valence-electron chi connectivity index (χ1n) is 9.43. The number of carbonyl (C=O) groups is 2. The first-order chi connectivity index (χ1) is 13.7. The van der Waals surface area contributed by atoms with Crippen molar-refractivity contribution in [3.8, 4) is 11.4 Å². The molecule has 0 radical (unpaired) electrons. The molecular weight excluding hydrogens is 366 g/mol. The molecule has 0 fully saturated rings. The third kappa shape index (κ3) is 5.10. The molecule has 3 rings (SSSR count). The third-order valence-electron chi connectivity index (χ3n) is 4.38. The average Bonchev–Trinajstić information content (AvgIpc) is 3.11. The van der Waals surface area contributed by atoms with E-state index in [0.717, 1.165) is 11.4 Å². The van der Waals surface area contributed by atoms with Gasteiger partial charge in [-0.05, 0) is 43.3 Å². The molecule has 0 aliphatic carbocycles. The number of nitrogens with one attached hydrogen (secondary N) is 1.